The predicted octanol–water partition coefficient (Wildman–Crippen LogP) is 0.621. The molecule has 0 saturated carbocycles. The second kappa shape index (κ2) is 4.39. The van der Waals surface area contributed by atoms with Crippen molar-refractivity contribution in [1.29, 1.82) is 5.26 Å². The minimum Gasteiger partial charge on any atom is -0.481 e. The molecule has 2 N–H and O–H groups in total. The topological polar surface area (TPSA) is 75.2 Å². The van der Waals surface area contributed by atoms with Gasteiger partial charge in [-0.15, -0.1) is 0 Å². The van der Waals surface area contributed by atoms with Gasteiger partial charge in [0.15, 0.2) is 11.3 Å². The highest BCUT2D eigenvalue weighted by molar-refractivity contribution is 7.80. The van der Waals surface area contributed by atoms with E-state index in [2.05, 4.69) is 17.2 Å². The Morgan fingerprint density at radius 2 is 2.43 bits per heavy atom. The van der Waals surface area contributed by atoms with Gasteiger partial charge in [-0.05, 0) is 18.3 Å². The molecule has 14 heavy (non-hydrogen) atoms. The van der Waals surface area contributed by atoms with Crippen molar-refractivity contribution in [2.75, 3.05) is 12.0 Å². The van der Waals surface area contributed by atoms with Crippen LogP contribution in [0.15, 0.2) is 18.3 Å². The third-order valence-electron chi connectivity index (χ3n) is 1.51. The molecule has 0 aromatic carbocycles. The average molecular weight is 208 g/mol. The summed E-state index contributed by atoms with van der Waals surface area (Å²) in [6, 6.07) is 3.27. The molecule has 6 heteroatoms. The van der Waals surface area contributed by atoms with Crippen molar-refractivity contribution in [3.05, 3.63) is 18.3 Å². The first-order valence-electron chi connectivity index (χ1n) is 3.68. The number of rotatable bonds is 2. The number of nitrogens with two attached hydrogens (primary N) is 1. The summed E-state index contributed by atoms with van der Waals surface area (Å²) in [6.07, 6.45) is 3.30. The standard InChI is InChI=1S/C8H8N4OS/c1-13-7-3-2-6(4-11-7)12(5-9)8(10)14/h2-4H,1H3,(H2,10,14). The molecule has 0 amide bonds. The molecule has 0 spiro atoms. The lowest BCUT2D eigenvalue weighted by atomic mass is 10.4. The third-order valence-corrected chi connectivity index (χ3v) is 1.69. The van der Waals surface area contributed by atoms with E-state index in [1.54, 1.807) is 12.1 Å². The van der Waals surface area contributed by atoms with Crippen LogP contribution in [0.5, 0.6) is 5.88 Å². The fraction of sp³-hybridized carbons (Fsp3) is 0.125. The molecule has 1 aromatic rings. The zero-order chi connectivity index (χ0) is 10.6. The zero-order valence-electron chi connectivity index (χ0n) is 7.47. The van der Waals surface area contributed by atoms with Crippen molar-refractivity contribution in [2.45, 2.75) is 0 Å². The van der Waals surface area contributed by atoms with Crippen LogP contribution < -0.4 is 15.4 Å². The summed E-state index contributed by atoms with van der Waals surface area (Å²) in [7, 11) is 1.51. The van der Waals surface area contributed by atoms with E-state index in [1.807, 2.05) is 6.19 Å². The van der Waals surface area contributed by atoms with Gasteiger partial charge in [-0.25, -0.2) is 9.88 Å². The number of anilines is 1. The molecule has 0 aliphatic heterocycles. The lowest BCUT2D eigenvalue weighted by Gasteiger charge is -2.12. The fourth-order valence-corrected chi connectivity index (χ4v) is 1.01. The second-order valence-electron chi connectivity index (χ2n) is 2.33. The maximum absolute atomic E-state index is 8.73. The van der Waals surface area contributed by atoms with Crippen molar-refractivity contribution in [2.24, 2.45) is 5.73 Å². The molecule has 0 unspecified atom stereocenters. The maximum atomic E-state index is 8.73. The van der Waals surface area contributed by atoms with E-state index in [1.165, 1.54) is 13.3 Å². The van der Waals surface area contributed by atoms with Crippen molar-refractivity contribution in [3.63, 3.8) is 0 Å². The molecule has 0 atom stereocenters. The Kier molecular flexibility index (Phi) is 3.20. The number of hydrogen-bond donors (Lipinski definition) is 1. The van der Waals surface area contributed by atoms with Gasteiger partial charge in [-0.1, -0.05) is 0 Å². The Hall–Kier alpha value is -1.87. The first-order chi connectivity index (χ1) is 6.69. The Bertz CT molecular complexity index is 370. The summed E-state index contributed by atoms with van der Waals surface area (Å²) in [5.41, 5.74) is 5.84. The van der Waals surface area contributed by atoms with E-state index in [9.17, 15) is 0 Å². The minimum absolute atomic E-state index is 0.0144. The van der Waals surface area contributed by atoms with Crippen molar-refractivity contribution in [1.82, 2.24) is 4.98 Å². The molecule has 0 saturated heterocycles. The summed E-state index contributed by atoms with van der Waals surface area (Å²) in [5.74, 6) is 0.467. The SMILES string of the molecule is COc1ccc(N(C#N)C(N)=S)cn1. The highest BCUT2D eigenvalue weighted by atomic mass is 32.1. The van der Waals surface area contributed by atoms with E-state index in [0.29, 0.717) is 11.6 Å². The number of pyridine rings is 1. The van der Waals surface area contributed by atoms with Crippen LogP contribution in [0.4, 0.5) is 5.69 Å². The van der Waals surface area contributed by atoms with E-state index in [0.717, 1.165) is 4.90 Å². The number of aromatic nitrogens is 1. The fourth-order valence-electron chi connectivity index (χ4n) is 0.860. The lowest BCUT2D eigenvalue weighted by molar-refractivity contribution is 0.398. The molecule has 5 nitrogen and oxygen atoms in total. The van der Waals surface area contributed by atoms with Crippen LogP contribution in [0.1, 0.15) is 0 Å². The van der Waals surface area contributed by atoms with Crippen molar-refractivity contribution < 1.29 is 4.74 Å². The smallest absolute Gasteiger partial charge is 0.213 e. The van der Waals surface area contributed by atoms with Gasteiger partial charge < -0.3 is 10.5 Å². The highest BCUT2D eigenvalue weighted by Crippen LogP contribution is 2.14. The van der Waals surface area contributed by atoms with Gasteiger partial charge in [-0.3, -0.25) is 0 Å². The summed E-state index contributed by atoms with van der Waals surface area (Å²) in [5, 5.41) is 8.71. The molecule has 0 aliphatic rings. The third kappa shape index (κ3) is 2.08. The average Bonchev–Trinajstić information content (AvgIpc) is 2.19. The highest BCUT2D eigenvalue weighted by Gasteiger charge is 2.08. The van der Waals surface area contributed by atoms with Crippen LogP contribution in [-0.2, 0) is 0 Å². The van der Waals surface area contributed by atoms with Gasteiger partial charge in [-0.2, -0.15) is 5.26 Å². The molecule has 1 aromatic heterocycles. The first kappa shape index (κ1) is 10.2. The molecular weight excluding hydrogens is 200 g/mol. The predicted molar refractivity (Wildman–Crippen MR) is 55.7 cm³/mol. The Morgan fingerprint density at radius 1 is 1.71 bits per heavy atom. The minimum atomic E-state index is -0.0144. The monoisotopic (exact) mass is 208 g/mol. The summed E-state index contributed by atoms with van der Waals surface area (Å²) < 4.78 is 4.87. The molecule has 0 bridgehead atoms. The van der Waals surface area contributed by atoms with Crippen LogP contribution in [0.3, 0.4) is 0 Å². The van der Waals surface area contributed by atoms with Crippen LogP contribution >= 0.6 is 12.2 Å². The van der Waals surface area contributed by atoms with Crippen molar-refractivity contribution >= 4 is 23.0 Å². The van der Waals surface area contributed by atoms with Gasteiger partial charge in [0.1, 0.15) is 0 Å². The number of ether oxygens (including phenoxy) is 1. The Balaban J connectivity index is 2.96. The molecule has 1 rings (SSSR count). The molecule has 0 fully saturated rings. The largest absolute Gasteiger partial charge is 0.481 e. The van der Waals surface area contributed by atoms with Gasteiger partial charge in [0, 0.05) is 6.07 Å². The van der Waals surface area contributed by atoms with Crippen LogP contribution in [-0.4, -0.2) is 17.2 Å². The van der Waals surface area contributed by atoms with E-state index < -0.39 is 0 Å². The number of methoxy groups -OCH3 is 1. The van der Waals surface area contributed by atoms with Gasteiger partial charge >= 0.3 is 0 Å². The number of hydrogen-bond acceptors (Lipinski definition) is 4. The molecular formula is C8H8N4OS. The summed E-state index contributed by atoms with van der Waals surface area (Å²) in [4.78, 5) is 5.02. The van der Waals surface area contributed by atoms with E-state index in [-0.39, 0.29) is 5.11 Å². The summed E-state index contributed by atoms with van der Waals surface area (Å²) >= 11 is 4.68. The van der Waals surface area contributed by atoms with Crippen molar-refractivity contribution in [3.8, 4) is 12.1 Å². The van der Waals surface area contributed by atoms with Gasteiger partial charge in [0.25, 0.3) is 0 Å². The van der Waals surface area contributed by atoms with Crippen LogP contribution in [0.2, 0.25) is 0 Å². The first-order valence-corrected chi connectivity index (χ1v) is 4.09. The van der Waals surface area contributed by atoms with Gasteiger partial charge in [0.05, 0.1) is 19.0 Å². The van der Waals surface area contributed by atoms with E-state index >= 15 is 0 Å². The Labute approximate surface area is 86.7 Å². The van der Waals surface area contributed by atoms with Gasteiger partial charge in [0.2, 0.25) is 5.88 Å². The number of thiocarbonyl (C=S) groups is 1. The molecule has 1 heterocycles. The lowest BCUT2D eigenvalue weighted by Crippen LogP contribution is -2.30. The van der Waals surface area contributed by atoms with Crippen LogP contribution in [0, 0.1) is 11.5 Å². The van der Waals surface area contributed by atoms with E-state index in [4.69, 9.17) is 15.7 Å². The summed E-state index contributed by atoms with van der Waals surface area (Å²) in [6.45, 7) is 0. The maximum Gasteiger partial charge on any atom is 0.213 e. The quantitative estimate of drug-likeness (QED) is 0.436. The van der Waals surface area contributed by atoms with Crippen LogP contribution in [0.25, 0.3) is 0 Å². The normalized spacial score (nSPS) is 8.86. The molecule has 0 radical (unpaired) electrons. The zero-order valence-corrected chi connectivity index (χ0v) is 8.28. The Morgan fingerprint density at radius 3 is 2.79 bits per heavy atom. The second-order valence-corrected chi connectivity index (χ2v) is 2.75. The molecule has 0 aliphatic carbocycles. The number of nitriles is 1. The number of nitrogens with zero attached hydrogens (tertiary/aromatic N) is 3. The molecule has 72 valence electrons.